The van der Waals surface area contributed by atoms with Crippen molar-refractivity contribution < 1.29 is 18.0 Å². The molecule has 0 aromatic heterocycles. The van der Waals surface area contributed by atoms with Crippen LogP contribution < -0.4 is 9.62 Å². The number of nitrogens with one attached hydrogen (secondary N) is 1. The smallest absolute Gasteiger partial charge is 0.242 e. The first-order chi connectivity index (χ1) is 15.0. The van der Waals surface area contributed by atoms with Gasteiger partial charge in [0, 0.05) is 26.6 Å². The summed E-state index contributed by atoms with van der Waals surface area (Å²) in [7, 11) is -1.95. The number of hydrogen-bond acceptors (Lipinski definition) is 4. The summed E-state index contributed by atoms with van der Waals surface area (Å²) in [6, 6.07) is 14.3. The Morgan fingerprint density at radius 1 is 1.03 bits per heavy atom. The molecule has 7 nitrogen and oxygen atoms in total. The van der Waals surface area contributed by atoms with Crippen LogP contribution >= 0.6 is 0 Å². The zero-order valence-corrected chi connectivity index (χ0v) is 20.3. The molecule has 2 rings (SSSR count). The lowest BCUT2D eigenvalue weighted by molar-refractivity contribution is -0.140. The number of benzene rings is 2. The Morgan fingerprint density at radius 2 is 1.66 bits per heavy atom. The largest absolute Gasteiger partial charge is 0.357 e. The maximum absolute atomic E-state index is 13.1. The number of sulfonamides is 1. The predicted octanol–water partition coefficient (Wildman–Crippen LogP) is 3.01. The fourth-order valence-corrected chi connectivity index (χ4v) is 4.44. The minimum atomic E-state index is -3.49. The molecule has 0 bridgehead atoms. The van der Waals surface area contributed by atoms with Gasteiger partial charge in [-0.25, -0.2) is 8.42 Å². The van der Waals surface area contributed by atoms with E-state index in [9.17, 15) is 18.0 Å². The Kier molecular flexibility index (Phi) is 8.83. The van der Waals surface area contributed by atoms with Crippen LogP contribution in [0.3, 0.4) is 0 Å². The molecule has 0 radical (unpaired) electrons. The van der Waals surface area contributed by atoms with Gasteiger partial charge in [-0.1, -0.05) is 42.0 Å². The molecule has 0 aliphatic carbocycles. The second-order valence-electron chi connectivity index (χ2n) is 8.01. The minimum absolute atomic E-state index is 0.130. The molecule has 0 aliphatic rings. The van der Waals surface area contributed by atoms with Crippen molar-refractivity contribution >= 4 is 27.5 Å². The van der Waals surface area contributed by atoms with Crippen LogP contribution in [0.1, 0.15) is 36.5 Å². The van der Waals surface area contributed by atoms with Crippen molar-refractivity contribution in [3.05, 3.63) is 65.2 Å². The summed E-state index contributed by atoms with van der Waals surface area (Å²) >= 11 is 0. The highest BCUT2D eigenvalue weighted by atomic mass is 32.2. The molecule has 0 aliphatic heterocycles. The lowest BCUT2D eigenvalue weighted by atomic mass is 10.1. The van der Waals surface area contributed by atoms with Crippen LogP contribution in [0, 0.1) is 13.8 Å². The lowest BCUT2D eigenvalue weighted by Gasteiger charge is -2.29. The molecule has 174 valence electrons. The van der Waals surface area contributed by atoms with Gasteiger partial charge < -0.3 is 10.2 Å². The van der Waals surface area contributed by atoms with Crippen LogP contribution in [0.15, 0.2) is 48.5 Å². The normalized spacial score (nSPS) is 12.2. The van der Waals surface area contributed by atoms with Crippen molar-refractivity contribution in [1.29, 1.82) is 0 Å². The molecular weight excluding hydrogens is 426 g/mol. The lowest BCUT2D eigenvalue weighted by Crippen LogP contribution is -2.47. The van der Waals surface area contributed by atoms with Crippen molar-refractivity contribution in [1.82, 2.24) is 10.2 Å². The van der Waals surface area contributed by atoms with Crippen LogP contribution in [0.5, 0.6) is 0 Å². The SMILES string of the molecule is CNC(=O)[C@@H](C)N(Cc1ccccc1C)C(=O)CCCN(c1ccc(C)cc1)S(C)(=O)=O. The third kappa shape index (κ3) is 6.82. The van der Waals surface area contributed by atoms with Crippen LogP contribution in [0.4, 0.5) is 5.69 Å². The molecule has 0 saturated heterocycles. The molecule has 8 heteroatoms. The number of aryl methyl sites for hydroxylation is 2. The van der Waals surface area contributed by atoms with E-state index in [0.29, 0.717) is 18.7 Å². The first kappa shape index (κ1) is 25.4. The summed E-state index contributed by atoms with van der Waals surface area (Å²) in [4.78, 5) is 26.9. The fourth-order valence-electron chi connectivity index (χ4n) is 3.48. The van der Waals surface area contributed by atoms with E-state index in [1.807, 2.05) is 50.2 Å². The third-order valence-electron chi connectivity index (χ3n) is 5.49. The van der Waals surface area contributed by atoms with Gasteiger partial charge in [0.15, 0.2) is 0 Å². The summed E-state index contributed by atoms with van der Waals surface area (Å²) in [6.45, 7) is 6.09. The van der Waals surface area contributed by atoms with Gasteiger partial charge in [-0.15, -0.1) is 0 Å². The van der Waals surface area contributed by atoms with Gasteiger partial charge in [-0.2, -0.15) is 0 Å². The first-order valence-corrected chi connectivity index (χ1v) is 12.5. The van der Waals surface area contributed by atoms with Crippen molar-refractivity contribution in [2.24, 2.45) is 0 Å². The number of hydrogen-bond donors (Lipinski definition) is 1. The zero-order chi connectivity index (χ0) is 23.9. The van der Waals surface area contributed by atoms with Crippen LogP contribution in [0.25, 0.3) is 0 Å². The quantitative estimate of drug-likeness (QED) is 0.592. The molecule has 2 amide bonds. The fraction of sp³-hybridized carbons (Fsp3) is 0.417. The summed E-state index contributed by atoms with van der Waals surface area (Å²) in [5.74, 6) is -0.439. The van der Waals surface area contributed by atoms with Crippen molar-refractivity contribution in [2.45, 2.75) is 46.2 Å². The summed E-state index contributed by atoms with van der Waals surface area (Å²) in [5.41, 5.74) is 3.61. The van der Waals surface area contributed by atoms with E-state index in [0.717, 1.165) is 22.9 Å². The standard InChI is InChI=1S/C24H33N3O4S/c1-18-12-14-22(15-13-18)27(32(5,30)31)16-8-11-23(28)26(20(3)24(29)25-4)17-21-10-7-6-9-19(21)2/h6-7,9-10,12-15,20H,8,11,16-17H2,1-5H3,(H,25,29)/t20-/m1/s1. The minimum Gasteiger partial charge on any atom is -0.357 e. The predicted molar refractivity (Wildman–Crippen MR) is 128 cm³/mol. The average molecular weight is 460 g/mol. The Labute approximate surface area is 191 Å². The van der Waals surface area contributed by atoms with Gasteiger partial charge in [-0.3, -0.25) is 13.9 Å². The van der Waals surface area contributed by atoms with Crippen molar-refractivity contribution in [3.8, 4) is 0 Å². The van der Waals surface area contributed by atoms with Crippen molar-refractivity contribution in [3.63, 3.8) is 0 Å². The Morgan fingerprint density at radius 3 is 2.22 bits per heavy atom. The number of rotatable bonds is 10. The Balaban J connectivity index is 2.14. The molecular formula is C24H33N3O4S. The van der Waals surface area contributed by atoms with E-state index in [1.54, 1.807) is 31.0 Å². The van der Waals surface area contributed by atoms with Gasteiger partial charge in [0.1, 0.15) is 6.04 Å². The van der Waals surface area contributed by atoms with E-state index in [2.05, 4.69) is 5.32 Å². The Bertz CT molecular complexity index is 1040. The highest BCUT2D eigenvalue weighted by Gasteiger charge is 2.26. The number of carbonyl (C=O) groups is 2. The Hall–Kier alpha value is -2.87. The van der Waals surface area contributed by atoms with E-state index in [1.165, 1.54) is 4.31 Å². The van der Waals surface area contributed by atoms with Gasteiger partial charge in [0.05, 0.1) is 11.9 Å². The van der Waals surface area contributed by atoms with E-state index in [4.69, 9.17) is 0 Å². The van der Waals surface area contributed by atoms with Gasteiger partial charge in [0.2, 0.25) is 21.8 Å². The zero-order valence-electron chi connectivity index (χ0n) is 19.5. The summed E-state index contributed by atoms with van der Waals surface area (Å²) in [5, 5.41) is 2.60. The van der Waals surface area contributed by atoms with E-state index >= 15 is 0 Å². The molecule has 32 heavy (non-hydrogen) atoms. The number of carbonyl (C=O) groups excluding carboxylic acids is 2. The second-order valence-corrected chi connectivity index (χ2v) is 9.92. The van der Waals surface area contributed by atoms with Crippen LogP contribution in [-0.4, -0.2) is 51.0 Å². The molecule has 0 heterocycles. The van der Waals surface area contributed by atoms with Gasteiger partial charge in [0.25, 0.3) is 0 Å². The number of nitrogens with zero attached hydrogens (tertiary/aromatic N) is 2. The van der Waals surface area contributed by atoms with Crippen LogP contribution in [0.2, 0.25) is 0 Å². The molecule has 2 aromatic rings. The molecule has 0 spiro atoms. The molecule has 0 fully saturated rings. The summed E-state index contributed by atoms with van der Waals surface area (Å²) in [6.07, 6.45) is 1.63. The molecule has 0 unspecified atom stereocenters. The maximum atomic E-state index is 13.1. The molecule has 1 atom stereocenters. The highest BCUT2D eigenvalue weighted by Crippen LogP contribution is 2.20. The molecule has 2 aromatic carbocycles. The topological polar surface area (TPSA) is 86.8 Å². The van der Waals surface area contributed by atoms with Crippen molar-refractivity contribution in [2.75, 3.05) is 24.2 Å². The molecule has 1 N–H and O–H groups in total. The molecule has 0 saturated carbocycles. The second kappa shape index (κ2) is 11.1. The van der Waals surface area contributed by atoms with E-state index < -0.39 is 16.1 Å². The third-order valence-corrected chi connectivity index (χ3v) is 6.68. The monoisotopic (exact) mass is 459 g/mol. The van der Waals surface area contributed by atoms with Gasteiger partial charge in [-0.05, 0) is 50.5 Å². The first-order valence-electron chi connectivity index (χ1n) is 10.6. The maximum Gasteiger partial charge on any atom is 0.242 e. The number of amides is 2. The average Bonchev–Trinajstić information content (AvgIpc) is 2.75. The summed E-state index contributed by atoms with van der Waals surface area (Å²) < 4.78 is 26.0. The number of anilines is 1. The number of likely N-dealkylation sites (N-methyl/N-ethyl adjacent to an activating group) is 1. The van der Waals surface area contributed by atoms with Gasteiger partial charge >= 0.3 is 0 Å². The van der Waals surface area contributed by atoms with Crippen LogP contribution in [-0.2, 0) is 26.2 Å². The highest BCUT2D eigenvalue weighted by molar-refractivity contribution is 7.92. The van der Waals surface area contributed by atoms with E-state index in [-0.39, 0.29) is 24.8 Å².